The Morgan fingerprint density at radius 3 is 2.51 bits per heavy atom. The first kappa shape index (κ1) is 27.5. The Labute approximate surface area is 224 Å². The normalized spacial score (nSPS) is 29.8. The summed E-state index contributed by atoms with van der Waals surface area (Å²) in [6, 6.07) is 8.76. The number of anilines is 1. The average molecular weight is 526 g/mol. The van der Waals surface area contributed by atoms with Gasteiger partial charge in [-0.15, -0.1) is 24.9 Å². The minimum Gasteiger partial charge on any atom is -0.395 e. The van der Waals surface area contributed by atoms with E-state index in [0.29, 0.717) is 19.6 Å². The maximum absolute atomic E-state index is 14.2. The SMILES string of the molecule is C=CCN(CCCC)C(=O)C1N(CCO)C(=O)[C@@H]2[C@H](C(=O)N(CC=C)c3ccccc3)[C@@H]3CC(C)C12S3. The van der Waals surface area contributed by atoms with Crippen molar-refractivity contribution >= 4 is 35.2 Å². The minimum absolute atomic E-state index is 0.0393. The van der Waals surface area contributed by atoms with Gasteiger partial charge in [-0.05, 0) is 30.9 Å². The number of benzene rings is 1. The van der Waals surface area contributed by atoms with E-state index in [1.807, 2.05) is 30.3 Å². The van der Waals surface area contributed by atoms with Crippen LogP contribution in [-0.4, -0.2) is 81.5 Å². The zero-order valence-electron chi connectivity index (χ0n) is 21.9. The molecule has 1 aromatic rings. The van der Waals surface area contributed by atoms with E-state index in [9.17, 15) is 19.5 Å². The number of thioether (sulfide) groups is 1. The van der Waals surface area contributed by atoms with Gasteiger partial charge in [0.1, 0.15) is 6.04 Å². The zero-order valence-corrected chi connectivity index (χ0v) is 22.7. The maximum atomic E-state index is 14.2. The van der Waals surface area contributed by atoms with Crippen molar-refractivity contribution in [2.75, 3.05) is 37.7 Å². The third-order valence-corrected chi connectivity index (χ3v) is 10.3. The quantitative estimate of drug-likeness (QED) is 0.424. The van der Waals surface area contributed by atoms with Gasteiger partial charge in [0.15, 0.2) is 0 Å². The summed E-state index contributed by atoms with van der Waals surface area (Å²) in [5.74, 6) is -1.44. The third-order valence-electron chi connectivity index (χ3n) is 8.19. The summed E-state index contributed by atoms with van der Waals surface area (Å²) in [4.78, 5) is 47.5. The fraction of sp³-hybridized carbons (Fsp3) is 0.552. The van der Waals surface area contributed by atoms with Crippen LogP contribution in [0.1, 0.15) is 33.1 Å². The molecule has 8 heteroatoms. The monoisotopic (exact) mass is 525 g/mol. The number of likely N-dealkylation sites (tertiary alicyclic amines) is 1. The van der Waals surface area contributed by atoms with Gasteiger partial charge in [-0.3, -0.25) is 14.4 Å². The van der Waals surface area contributed by atoms with Crippen LogP contribution in [0.5, 0.6) is 0 Å². The lowest BCUT2D eigenvalue weighted by molar-refractivity contribution is -0.143. The van der Waals surface area contributed by atoms with Gasteiger partial charge >= 0.3 is 0 Å². The molecule has 3 aliphatic heterocycles. The van der Waals surface area contributed by atoms with Crippen LogP contribution in [0.3, 0.4) is 0 Å². The Kier molecular flexibility index (Phi) is 8.49. The molecular formula is C29H39N3O4S. The molecule has 0 aliphatic carbocycles. The summed E-state index contributed by atoms with van der Waals surface area (Å²) in [6.07, 6.45) is 6.00. The molecule has 1 aromatic carbocycles. The van der Waals surface area contributed by atoms with Crippen molar-refractivity contribution < 1.29 is 19.5 Å². The Morgan fingerprint density at radius 2 is 1.89 bits per heavy atom. The van der Waals surface area contributed by atoms with Gasteiger partial charge in [-0.2, -0.15) is 0 Å². The number of hydrogen-bond acceptors (Lipinski definition) is 5. The maximum Gasteiger partial charge on any atom is 0.247 e. The van der Waals surface area contributed by atoms with E-state index in [1.165, 1.54) is 0 Å². The van der Waals surface area contributed by atoms with E-state index in [2.05, 4.69) is 27.0 Å². The number of β-amino-alcohol motifs (C(OH)–C–C–N with tert-alkyl or cyclic N) is 1. The number of para-hydroxylation sites is 1. The van der Waals surface area contributed by atoms with E-state index < -0.39 is 22.6 Å². The van der Waals surface area contributed by atoms with Crippen LogP contribution in [0.2, 0.25) is 0 Å². The summed E-state index contributed by atoms with van der Waals surface area (Å²) in [7, 11) is 0. The number of fused-ring (bicyclic) bond motifs is 1. The Hall–Kier alpha value is -2.58. The molecule has 1 N–H and O–H groups in total. The topological polar surface area (TPSA) is 81.2 Å². The number of rotatable bonds is 12. The van der Waals surface area contributed by atoms with E-state index in [1.54, 1.807) is 38.6 Å². The van der Waals surface area contributed by atoms with Gasteiger partial charge in [-0.1, -0.05) is 50.6 Å². The fourth-order valence-electron chi connectivity index (χ4n) is 6.64. The number of carbonyl (C=O) groups excluding carboxylic acids is 3. The van der Waals surface area contributed by atoms with Crippen molar-refractivity contribution in [3.05, 3.63) is 55.6 Å². The predicted octanol–water partition coefficient (Wildman–Crippen LogP) is 3.35. The highest BCUT2D eigenvalue weighted by atomic mass is 32.2. The Balaban J connectivity index is 1.75. The van der Waals surface area contributed by atoms with Crippen LogP contribution in [0.15, 0.2) is 55.6 Å². The van der Waals surface area contributed by atoms with Crippen LogP contribution in [0.25, 0.3) is 0 Å². The van der Waals surface area contributed by atoms with Crippen molar-refractivity contribution in [1.82, 2.24) is 9.80 Å². The van der Waals surface area contributed by atoms with Crippen LogP contribution >= 0.6 is 11.8 Å². The Bertz CT molecular complexity index is 1030. The molecule has 6 atom stereocenters. The summed E-state index contributed by atoms with van der Waals surface area (Å²) in [5.41, 5.74) is 0.768. The van der Waals surface area contributed by atoms with Gasteiger partial charge in [0.25, 0.3) is 0 Å². The van der Waals surface area contributed by atoms with Crippen molar-refractivity contribution in [2.24, 2.45) is 17.8 Å². The number of nitrogens with zero attached hydrogens (tertiary/aromatic N) is 3. The number of aliphatic hydroxyl groups is 1. The highest BCUT2D eigenvalue weighted by molar-refractivity contribution is 8.02. The summed E-state index contributed by atoms with van der Waals surface area (Å²) < 4.78 is -0.698. The summed E-state index contributed by atoms with van der Waals surface area (Å²) in [6.45, 7) is 13.1. The molecule has 3 fully saturated rings. The van der Waals surface area contributed by atoms with Crippen LogP contribution in [0, 0.1) is 17.8 Å². The molecule has 3 amide bonds. The summed E-state index contributed by atoms with van der Waals surface area (Å²) >= 11 is 1.66. The first-order valence-electron chi connectivity index (χ1n) is 13.3. The number of unbranched alkanes of at least 4 members (excludes halogenated alkanes) is 1. The first-order chi connectivity index (χ1) is 17.9. The van der Waals surface area contributed by atoms with Gasteiger partial charge < -0.3 is 19.8 Å². The molecule has 2 bridgehead atoms. The second-order valence-corrected chi connectivity index (χ2v) is 11.9. The lowest BCUT2D eigenvalue weighted by Gasteiger charge is -2.41. The van der Waals surface area contributed by atoms with E-state index in [4.69, 9.17) is 0 Å². The molecule has 0 aromatic heterocycles. The molecule has 3 aliphatic rings. The lowest BCUT2D eigenvalue weighted by atomic mass is 9.65. The highest BCUT2D eigenvalue weighted by Crippen LogP contribution is 2.68. The molecule has 7 nitrogen and oxygen atoms in total. The predicted molar refractivity (Wildman–Crippen MR) is 148 cm³/mol. The number of carbonyl (C=O) groups is 3. The number of aliphatic hydroxyl groups excluding tert-OH is 1. The van der Waals surface area contributed by atoms with Crippen molar-refractivity contribution in [3.63, 3.8) is 0 Å². The molecule has 3 heterocycles. The van der Waals surface area contributed by atoms with Gasteiger partial charge in [0.2, 0.25) is 17.7 Å². The minimum atomic E-state index is -0.707. The number of hydrogen-bond donors (Lipinski definition) is 1. The lowest BCUT2D eigenvalue weighted by Crippen LogP contribution is -2.57. The van der Waals surface area contributed by atoms with E-state index in [-0.39, 0.29) is 42.0 Å². The molecular weight excluding hydrogens is 486 g/mol. The van der Waals surface area contributed by atoms with Crippen LogP contribution < -0.4 is 4.90 Å². The van der Waals surface area contributed by atoms with Crippen molar-refractivity contribution in [1.29, 1.82) is 0 Å². The molecule has 200 valence electrons. The molecule has 3 unspecified atom stereocenters. The largest absolute Gasteiger partial charge is 0.395 e. The van der Waals surface area contributed by atoms with Crippen molar-refractivity contribution in [2.45, 2.75) is 49.1 Å². The van der Waals surface area contributed by atoms with E-state index in [0.717, 1.165) is 24.9 Å². The van der Waals surface area contributed by atoms with Gasteiger partial charge in [0.05, 0.1) is 23.2 Å². The fourth-order valence-corrected chi connectivity index (χ4v) is 9.05. The summed E-state index contributed by atoms with van der Waals surface area (Å²) in [5, 5.41) is 9.84. The average Bonchev–Trinajstić information content (AvgIpc) is 3.49. The molecule has 4 rings (SSSR count). The second-order valence-electron chi connectivity index (χ2n) is 10.3. The molecule has 1 spiro atoms. The van der Waals surface area contributed by atoms with E-state index >= 15 is 0 Å². The van der Waals surface area contributed by atoms with Gasteiger partial charge in [-0.25, -0.2) is 0 Å². The molecule has 37 heavy (non-hydrogen) atoms. The highest BCUT2D eigenvalue weighted by Gasteiger charge is 2.76. The third kappa shape index (κ3) is 4.52. The standard InChI is InChI=1S/C29H39N3O4S/c1-5-8-16-30(14-6-2)28(36)25-29-20(4)19-22(37-29)23(24(29)27(35)32(25)17-18-33)26(34)31(15-7-3)21-12-10-9-11-13-21/h6-7,9-13,20,22-25,33H,2-3,5,8,14-19H2,1,4H3/t20?,22-,23+,24-,25?,29?/m0/s1. The molecule has 3 saturated heterocycles. The number of amides is 3. The zero-order chi connectivity index (χ0) is 26.7. The first-order valence-corrected chi connectivity index (χ1v) is 14.2. The Morgan fingerprint density at radius 1 is 1.19 bits per heavy atom. The van der Waals surface area contributed by atoms with Crippen molar-refractivity contribution in [3.8, 4) is 0 Å². The smallest absolute Gasteiger partial charge is 0.247 e. The van der Waals surface area contributed by atoms with Gasteiger partial charge in [0, 0.05) is 37.1 Å². The van der Waals surface area contributed by atoms with Crippen LogP contribution in [-0.2, 0) is 14.4 Å². The molecule has 0 radical (unpaired) electrons. The second kappa shape index (κ2) is 11.4. The van der Waals surface area contributed by atoms with Crippen LogP contribution in [0.4, 0.5) is 5.69 Å². The molecule has 0 saturated carbocycles.